The Kier molecular flexibility index (Phi) is 4.21. The molecule has 1 saturated heterocycles. The summed E-state index contributed by atoms with van der Waals surface area (Å²) < 4.78 is 0. The highest BCUT2D eigenvalue weighted by atomic mass is 32.2. The first kappa shape index (κ1) is 13.8. The number of thioether (sulfide) groups is 1. The van der Waals surface area contributed by atoms with Gasteiger partial charge in [-0.05, 0) is 6.92 Å². The first-order valence-corrected chi connectivity index (χ1v) is 8.04. The van der Waals surface area contributed by atoms with E-state index in [-0.39, 0.29) is 0 Å². The molecular weight excluding hydrogens is 270 g/mol. The van der Waals surface area contributed by atoms with Gasteiger partial charge in [-0.25, -0.2) is 0 Å². The highest BCUT2D eigenvalue weighted by Gasteiger charge is 2.24. The summed E-state index contributed by atoms with van der Waals surface area (Å²) in [5, 5.41) is 1.89. The van der Waals surface area contributed by atoms with Crippen molar-refractivity contribution in [2.24, 2.45) is 4.99 Å². The topological polar surface area (TPSA) is 44.6 Å². The molecule has 0 unspecified atom stereocenters. The van der Waals surface area contributed by atoms with Crippen molar-refractivity contribution in [1.82, 2.24) is 19.8 Å². The fraction of sp³-hybridized carbons (Fsp3) is 0.643. The summed E-state index contributed by atoms with van der Waals surface area (Å²) in [6.07, 6.45) is 3.73. The van der Waals surface area contributed by atoms with Crippen molar-refractivity contribution < 1.29 is 0 Å². The quantitative estimate of drug-likeness (QED) is 0.824. The van der Waals surface area contributed by atoms with Crippen LogP contribution in [0.2, 0.25) is 0 Å². The third-order valence-electron chi connectivity index (χ3n) is 3.65. The molecule has 108 valence electrons. The number of aryl methyl sites for hydroxylation is 1. The second-order valence-corrected chi connectivity index (χ2v) is 6.87. The highest BCUT2D eigenvalue weighted by Crippen LogP contribution is 2.23. The second kappa shape index (κ2) is 6.10. The van der Waals surface area contributed by atoms with Crippen LogP contribution in [0.25, 0.3) is 0 Å². The largest absolute Gasteiger partial charge is 0.349 e. The van der Waals surface area contributed by atoms with Crippen LogP contribution in [0.5, 0.6) is 0 Å². The molecule has 2 aliphatic rings. The molecule has 3 heterocycles. The third-order valence-corrected chi connectivity index (χ3v) is 4.80. The maximum absolute atomic E-state index is 4.62. The van der Waals surface area contributed by atoms with Crippen LogP contribution < -0.4 is 0 Å². The molecule has 1 atom stereocenters. The average molecular weight is 291 g/mol. The molecule has 0 bridgehead atoms. The van der Waals surface area contributed by atoms with E-state index in [0.717, 1.165) is 50.7 Å². The van der Waals surface area contributed by atoms with Crippen molar-refractivity contribution in [1.29, 1.82) is 0 Å². The molecule has 0 aliphatic carbocycles. The second-order valence-electron chi connectivity index (χ2n) is 5.46. The lowest BCUT2D eigenvalue weighted by Gasteiger charge is -2.35. The Balaban J connectivity index is 1.50. The fourth-order valence-electron chi connectivity index (χ4n) is 2.46. The van der Waals surface area contributed by atoms with E-state index in [1.807, 2.05) is 31.1 Å². The van der Waals surface area contributed by atoms with Crippen molar-refractivity contribution in [3.8, 4) is 0 Å². The van der Waals surface area contributed by atoms with Gasteiger partial charge in [-0.2, -0.15) is 0 Å². The minimum absolute atomic E-state index is 0.644. The van der Waals surface area contributed by atoms with Gasteiger partial charge in [-0.1, -0.05) is 18.7 Å². The zero-order valence-corrected chi connectivity index (χ0v) is 12.9. The smallest absolute Gasteiger partial charge is 0.159 e. The molecule has 5 nitrogen and oxygen atoms in total. The summed E-state index contributed by atoms with van der Waals surface area (Å²) in [4.78, 5) is 18.2. The predicted molar refractivity (Wildman–Crippen MR) is 83.0 cm³/mol. The Hall–Kier alpha value is -1.14. The molecule has 0 N–H and O–H groups in total. The summed E-state index contributed by atoms with van der Waals surface area (Å²) in [5.74, 6) is 0. The van der Waals surface area contributed by atoms with Crippen LogP contribution in [0.4, 0.5) is 0 Å². The minimum atomic E-state index is 0.644. The summed E-state index contributed by atoms with van der Waals surface area (Å²) in [5.41, 5.74) is 2.04. The summed E-state index contributed by atoms with van der Waals surface area (Å²) >= 11 is 1.91. The number of nitrogens with zero attached hydrogens (tertiary/aromatic N) is 5. The summed E-state index contributed by atoms with van der Waals surface area (Å²) in [6, 6.07) is 0. The molecule has 0 radical (unpaired) electrons. The molecule has 1 fully saturated rings. The number of piperazine rings is 1. The van der Waals surface area contributed by atoms with Crippen LogP contribution in [0.1, 0.15) is 18.3 Å². The summed E-state index contributed by atoms with van der Waals surface area (Å²) in [6.45, 7) is 10.4. The van der Waals surface area contributed by atoms with E-state index in [2.05, 4.69) is 31.7 Å². The molecule has 3 rings (SSSR count). The highest BCUT2D eigenvalue weighted by molar-refractivity contribution is 8.14. The monoisotopic (exact) mass is 291 g/mol. The van der Waals surface area contributed by atoms with Crippen molar-refractivity contribution in [3.63, 3.8) is 0 Å². The van der Waals surface area contributed by atoms with E-state index in [4.69, 9.17) is 0 Å². The Morgan fingerprint density at radius 1 is 1.20 bits per heavy atom. The lowest BCUT2D eigenvalue weighted by atomic mass is 10.3. The molecule has 20 heavy (non-hydrogen) atoms. The molecule has 0 spiro atoms. The van der Waals surface area contributed by atoms with Gasteiger partial charge in [0.2, 0.25) is 0 Å². The zero-order valence-electron chi connectivity index (χ0n) is 12.1. The van der Waals surface area contributed by atoms with Crippen molar-refractivity contribution >= 4 is 16.9 Å². The van der Waals surface area contributed by atoms with Crippen LogP contribution in [0.15, 0.2) is 17.4 Å². The normalized spacial score (nSPS) is 24.0. The van der Waals surface area contributed by atoms with E-state index < -0.39 is 0 Å². The van der Waals surface area contributed by atoms with Crippen molar-refractivity contribution in [2.45, 2.75) is 25.6 Å². The molecule has 0 aromatic carbocycles. The molecule has 6 heteroatoms. The maximum Gasteiger partial charge on any atom is 0.159 e. The number of rotatable bonds is 2. The Bertz CT molecular complexity index is 479. The van der Waals surface area contributed by atoms with Gasteiger partial charge in [0.1, 0.15) is 0 Å². The van der Waals surface area contributed by atoms with Crippen LogP contribution in [-0.2, 0) is 6.54 Å². The molecule has 0 amide bonds. The molecule has 1 aromatic heterocycles. The van der Waals surface area contributed by atoms with Gasteiger partial charge in [-0.3, -0.25) is 19.9 Å². The minimum Gasteiger partial charge on any atom is -0.349 e. The number of hydrogen-bond acceptors (Lipinski definition) is 6. The van der Waals surface area contributed by atoms with E-state index in [1.54, 1.807) is 0 Å². The molecule has 2 aliphatic heterocycles. The number of aromatic nitrogens is 2. The third kappa shape index (κ3) is 3.30. The molecule has 0 saturated carbocycles. The van der Waals surface area contributed by atoms with E-state index >= 15 is 0 Å². The molecule has 1 aromatic rings. The lowest BCUT2D eigenvalue weighted by Crippen LogP contribution is -2.47. The van der Waals surface area contributed by atoms with Crippen LogP contribution in [0, 0.1) is 6.92 Å². The lowest BCUT2D eigenvalue weighted by molar-refractivity contribution is 0.175. The zero-order chi connectivity index (χ0) is 13.9. The van der Waals surface area contributed by atoms with E-state index in [0.29, 0.717) is 5.25 Å². The summed E-state index contributed by atoms with van der Waals surface area (Å²) in [7, 11) is 0. The SMILES string of the molecule is Cc1cnc(CN2CCN(C3=NC[C@@H](C)S3)CC2)cn1. The standard InChI is InChI=1S/C14H21N5S/c1-11-7-16-13(9-15-11)10-18-3-5-19(6-4-18)14-17-8-12(2)20-14/h7,9,12H,3-6,8,10H2,1-2H3/t12-/m1/s1. The number of hydrogen-bond donors (Lipinski definition) is 0. The first-order chi connectivity index (χ1) is 9.70. The predicted octanol–water partition coefficient (Wildman–Crippen LogP) is 1.39. The average Bonchev–Trinajstić information content (AvgIpc) is 2.89. The van der Waals surface area contributed by atoms with Crippen LogP contribution >= 0.6 is 11.8 Å². The van der Waals surface area contributed by atoms with Gasteiger partial charge in [-0.15, -0.1) is 0 Å². The first-order valence-electron chi connectivity index (χ1n) is 7.16. The van der Waals surface area contributed by atoms with Gasteiger partial charge in [0.25, 0.3) is 0 Å². The van der Waals surface area contributed by atoms with Crippen LogP contribution in [-0.4, -0.2) is 62.9 Å². The van der Waals surface area contributed by atoms with Gasteiger partial charge in [0, 0.05) is 50.4 Å². The number of amidine groups is 1. The van der Waals surface area contributed by atoms with Gasteiger partial charge >= 0.3 is 0 Å². The van der Waals surface area contributed by atoms with Gasteiger partial charge < -0.3 is 4.90 Å². The molecular formula is C14H21N5S. The maximum atomic E-state index is 4.62. The van der Waals surface area contributed by atoms with Gasteiger partial charge in [0.05, 0.1) is 17.9 Å². The van der Waals surface area contributed by atoms with E-state index in [1.165, 1.54) is 5.17 Å². The Labute approximate surface area is 124 Å². The Morgan fingerprint density at radius 2 is 2.00 bits per heavy atom. The fourth-order valence-corrected chi connectivity index (χ4v) is 3.45. The van der Waals surface area contributed by atoms with Gasteiger partial charge in [0.15, 0.2) is 5.17 Å². The van der Waals surface area contributed by atoms with Crippen LogP contribution in [0.3, 0.4) is 0 Å². The number of aliphatic imine (C=N–C) groups is 1. The van der Waals surface area contributed by atoms with E-state index in [9.17, 15) is 0 Å². The van der Waals surface area contributed by atoms with Crippen molar-refractivity contribution in [2.75, 3.05) is 32.7 Å². The Morgan fingerprint density at radius 3 is 2.60 bits per heavy atom. The van der Waals surface area contributed by atoms with Crippen molar-refractivity contribution in [3.05, 3.63) is 23.8 Å².